The minimum Gasteiger partial charge on any atom is -0.339 e. The van der Waals surface area contributed by atoms with Gasteiger partial charge in [-0.15, -0.1) is 0 Å². The number of hydrogen-bond donors (Lipinski definition) is 0. The summed E-state index contributed by atoms with van der Waals surface area (Å²) in [6.07, 6.45) is 2.29. The summed E-state index contributed by atoms with van der Waals surface area (Å²) in [7, 11) is 0. The largest absolute Gasteiger partial charge is 0.339 e. The summed E-state index contributed by atoms with van der Waals surface area (Å²) in [6.45, 7) is 5.07. The summed E-state index contributed by atoms with van der Waals surface area (Å²) >= 11 is 0. The number of likely N-dealkylation sites (tertiary alicyclic amines) is 1. The molecule has 1 saturated heterocycles. The van der Waals surface area contributed by atoms with E-state index in [1.807, 2.05) is 42.2 Å². The highest BCUT2D eigenvalue weighted by Gasteiger charge is 2.28. The van der Waals surface area contributed by atoms with Crippen LogP contribution >= 0.6 is 0 Å². The number of carbonyl (C=O) groups is 1. The van der Waals surface area contributed by atoms with Crippen molar-refractivity contribution in [3.05, 3.63) is 35.9 Å². The van der Waals surface area contributed by atoms with Crippen molar-refractivity contribution in [3.63, 3.8) is 0 Å². The van der Waals surface area contributed by atoms with E-state index in [0.717, 1.165) is 24.9 Å². The summed E-state index contributed by atoms with van der Waals surface area (Å²) < 4.78 is 0. The van der Waals surface area contributed by atoms with E-state index < -0.39 is 0 Å². The Morgan fingerprint density at radius 3 is 2.62 bits per heavy atom. The van der Waals surface area contributed by atoms with Gasteiger partial charge in [0, 0.05) is 12.6 Å². The Morgan fingerprint density at radius 1 is 1.38 bits per heavy atom. The van der Waals surface area contributed by atoms with Crippen LogP contribution in [0.25, 0.3) is 0 Å². The van der Waals surface area contributed by atoms with Crippen LogP contribution in [0.4, 0.5) is 0 Å². The quantitative estimate of drug-likeness (QED) is 0.746. The minimum atomic E-state index is -0.0123. The van der Waals surface area contributed by atoms with Crippen molar-refractivity contribution in [2.24, 2.45) is 0 Å². The number of amides is 1. The first kappa shape index (κ1) is 11.2. The second kappa shape index (κ2) is 4.69. The summed E-state index contributed by atoms with van der Waals surface area (Å²) in [4.78, 5) is 14.3. The lowest BCUT2D eigenvalue weighted by atomic mass is 9.99. The van der Waals surface area contributed by atoms with Crippen LogP contribution in [0, 0.1) is 0 Å². The van der Waals surface area contributed by atoms with Gasteiger partial charge in [-0.2, -0.15) is 0 Å². The third-order valence-corrected chi connectivity index (χ3v) is 3.51. The molecule has 0 saturated carbocycles. The molecule has 2 atom stereocenters. The van der Waals surface area contributed by atoms with Gasteiger partial charge in [0.25, 0.3) is 0 Å². The molecule has 1 heterocycles. The standard InChI is InChI=1S/C14H19NO/c1-11-7-6-10-15(11)14(16)12(2)13-8-4-3-5-9-13/h3-5,8-9,11-12H,6-7,10H2,1-2H3/t11-,12?/m1/s1. The second-order valence-electron chi connectivity index (χ2n) is 4.66. The predicted molar refractivity (Wildman–Crippen MR) is 65.3 cm³/mol. The van der Waals surface area contributed by atoms with Crippen molar-refractivity contribution in [1.82, 2.24) is 4.90 Å². The Kier molecular flexibility index (Phi) is 3.28. The zero-order valence-corrected chi connectivity index (χ0v) is 10.0. The van der Waals surface area contributed by atoms with Crippen molar-refractivity contribution in [1.29, 1.82) is 0 Å². The molecule has 0 spiro atoms. The normalized spacial score (nSPS) is 22.1. The maximum absolute atomic E-state index is 12.3. The molecule has 1 aromatic rings. The van der Waals surface area contributed by atoms with Crippen molar-refractivity contribution in [2.75, 3.05) is 6.54 Å². The van der Waals surface area contributed by atoms with Crippen LogP contribution in [0.15, 0.2) is 30.3 Å². The molecule has 0 aliphatic carbocycles. The molecule has 1 aromatic carbocycles. The van der Waals surface area contributed by atoms with E-state index in [1.54, 1.807) is 0 Å². The number of hydrogen-bond acceptors (Lipinski definition) is 1. The van der Waals surface area contributed by atoms with Crippen LogP contribution in [-0.2, 0) is 4.79 Å². The van der Waals surface area contributed by atoms with Crippen LogP contribution in [0.5, 0.6) is 0 Å². The van der Waals surface area contributed by atoms with Gasteiger partial charge in [0.1, 0.15) is 0 Å². The molecule has 1 fully saturated rings. The third kappa shape index (κ3) is 2.11. The van der Waals surface area contributed by atoms with Gasteiger partial charge in [-0.1, -0.05) is 30.3 Å². The fourth-order valence-electron chi connectivity index (χ4n) is 2.39. The molecule has 1 amide bonds. The lowest BCUT2D eigenvalue weighted by Gasteiger charge is -2.25. The maximum Gasteiger partial charge on any atom is 0.230 e. The summed E-state index contributed by atoms with van der Waals surface area (Å²) in [5.41, 5.74) is 1.12. The Bertz CT molecular complexity index is 360. The summed E-state index contributed by atoms with van der Waals surface area (Å²) in [5, 5.41) is 0. The zero-order valence-electron chi connectivity index (χ0n) is 10.0. The number of carbonyl (C=O) groups excluding carboxylic acids is 1. The van der Waals surface area contributed by atoms with E-state index >= 15 is 0 Å². The van der Waals surface area contributed by atoms with Gasteiger partial charge in [-0.05, 0) is 32.3 Å². The van der Waals surface area contributed by atoms with E-state index in [2.05, 4.69) is 6.92 Å². The van der Waals surface area contributed by atoms with Gasteiger partial charge in [-0.25, -0.2) is 0 Å². The molecule has 2 rings (SSSR count). The number of benzene rings is 1. The first-order valence-corrected chi connectivity index (χ1v) is 6.05. The summed E-state index contributed by atoms with van der Waals surface area (Å²) in [6, 6.07) is 10.4. The molecule has 0 radical (unpaired) electrons. The molecule has 1 unspecified atom stereocenters. The third-order valence-electron chi connectivity index (χ3n) is 3.51. The first-order valence-electron chi connectivity index (χ1n) is 6.05. The number of nitrogens with zero attached hydrogens (tertiary/aromatic N) is 1. The van der Waals surface area contributed by atoms with Crippen molar-refractivity contribution in [2.45, 2.75) is 38.6 Å². The average molecular weight is 217 g/mol. The number of rotatable bonds is 2. The molecule has 0 bridgehead atoms. The Labute approximate surface area is 97.3 Å². The van der Waals surface area contributed by atoms with Gasteiger partial charge >= 0.3 is 0 Å². The molecule has 0 N–H and O–H groups in total. The van der Waals surface area contributed by atoms with Gasteiger partial charge in [0.05, 0.1) is 5.92 Å². The highest BCUT2D eigenvalue weighted by molar-refractivity contribution is 5.83. The monoisotopic (exact) mass is 217 g/mol. The molecule has 2 nitrogen and oxygen atoms in total. The molecule has 1 aliphatic heterocycles. The molecule has 2 heteroatoms. The maximum atomic E-state index is 12.3. The molecular weight excluding hydrogens is 198 g/mol. The fraction of sp³-hybridized carbons (Fsp3) is 0.500. The smallest absolute Gasteiger partial charge is 0.230 e. The molecule has 0 aromatic heterocycles. The lowest BCUT2D eigenvalue weighted by Crippen LogP contribution is -2.36. The molecule has 86 valence electrons. The average Bonchev–Trinajstić information content (AvgIpc) is 2.75. The molecular formula is C14H19NO. The summed E-state index contributed by atoms with van der Waals surface area (Å²) in [5.74, 6) is 0.262. The van der Waals surface area contributed by atoms with Crippen LogP contribution < -0.4 is 0 Å². The SMILES string of the molecule is CC(C(=O)N1CCC[C@H]1C)c1ccccc1. The lowest BCUT2D eigenvalue weighted by molar-refractivity contribution is -0.132. The van der Waals surface area contributed by atoms with E-state index in [0.29, 0.717) is 6.04 Å². The van der Waals surface area contributed by atoms with Crippen LogP contribution in [0.1, 0.15) is 38.2 Å². The highest BCUT2D eigenvalue weighted by Crippen LogP contribution is 2.23. The van der Waals surface area contributed by atoms with Gasteiger partial charge in [0.15, 0.2) is 0 Å². The Hall–Kier alpha value is -1.31. The van der Waals surface area contributed by atoms with E-state index in [9.17, 15) is 4.79 Å². The molecule has 1 aliphatic rings. The fourth-order valence-corrected chi connectivity index (χ4v) is 2.39. The van der Waals surface area contributed by atoms with Crippen LogP contribution in [-0.4, -0.2) is 23.4 Å². The highest BCUT2D eigenvalue weighted by atomic mass is 16.2. The van der Waals surface area contributed by atoms with Crippen LogP contribution in [0.3, 0.4) is 0 Å². The topological polar surface area (TPSA) is 20.3 Å². The van der Waals surface area contributed by atoms with Gasteiger partial charge in [0.2, 0.25) is 5.91 Å². The van der Waals surface area contributed by atoms with Crippen molar-refractivity contribution >= 4 is 5.91 Å². The van der Waals surface area contributed by atoms with E-state index in [-0.39, 0.29) is 11.8 Å². The minimum absolute atomic E-state index is 0.0123. The van der Waals surface area contributed by atoms with Gasteiger partial charge in [-0.3, -0.25) is 4.79 Å². The first-order chi connectivity index (χ1) is 7.70. The van der Waals surface area contributed by atoms with Crippen molar-refractivity contribution in [3.8, 4) is 0 Å². The van der Waals surface area contributed by atoms with E-state index in [1.165, 1.54) is 0 Å². The van der Waals surface area contributed by atoms with E-state index in [4.69, 9.17) is 0 Å². The van der Waals surface area contributed by atoms with Crippen molar-refractivity contribution < 1.29 is 4.79 Å². The Morgan fingerprint density at radius 2 is 2.06 bits per heavy atom. The van der Waals surface area contributed by atoms with Crippen LogP contribution in [0.2, 0.25) is 0 Å². The zero-order chi connectivity index (χ0) is 11.5. The second-order valence-corrected chi connectivity index (χ2v) is 4.66. The molecule has 16 heavy (non-hydrogen) atoms. The predicted octanol–water partition coefficient (Wildman–Crippen LogP) is 2.80. The Balaban J connectivity index is 2.10. The van der Waals surface area contributed by atoms with Gasteiger partial charge < -0.3 is 4.90 Å².